The maximum atomic E-state index is 13.2. The van der Waals surface area contributed by atoms with E-state index in [9.17, 15) is 9.59 Å². The van der Waals surface area contributed by atoms with Crippen LogP contribution in [0.5, 0.6) is 0 Å². The van der Waals surface area contributed by atoms with Crippen molar-refractivity contribution in [1.82, 2.24) is 9.55 Å². The standard InChI is InChI=1S/C23H21N3O2S/c1-3-16-9-11-18(12-10-16)25-21(27)15(2)26-14-24-22-20(23(26)28)19(13-29-22)17-7-5-4-6-8-17/h4-15H,3H2,1-2H3,(H,25,27). The van der Waals surface area contributed by atoms with Crippen molar-refractivity contribution >= 4 is 33.1 Å². The lowest BCUT2D eigenvalue weighted by molar-refractivity contribution is -0.118. The Labute approximate surface area is 172 Å². The number of benzene rings is 2. The highest BCUT2D eigenvalue weighted by Crippen LogP contribution is 2.30. The van der Waals surface area contributed by atoms with Crippen LogP contribution < -0.4 is 10.9 Å². The molecule has 1 unspecified atom stereocenters. The second-order valence-corrected chi connectivity index (χ2v) is 7.73. The molecule has 146 valence electrons. The van der Waals surface area contributed by atoms with Crippen LogP contribution in [0.4, 0.5) is 5.69 Å². The van der Waals surface area contributed by atoms with E-state index in [1.807, 2.05) is 60.0 Å². The highest BCUT2D eigenvalue weighted by Gasteiger charge is 2.20. The van der Waals surface area contributed by atoms with Gasteiger partial charge in [0.1, 0.15) is 10.9 Å². The quantitative estimate of drug-likeness (QED) is 0.516. The van der Waals surface area contributed by atoms with Crippen molar-refractivity contribution < 1.29 is 4.79 Å². The van der Waals surface area contributed by atoms with Crippen molar-refractivity contribution in [3.63, 3.8) is 0 Å². The van der Waals surface area contributed by atoms with Crippen LogP contribution in [0.2, 0.25) is 0 Å². The second kappa shape index (κ2) is 8.01. The maximum Gasteiger partial charge on any atom is 0.263 e. The third kappa shape index (κ3) is 3.71. The minimum atomic E-state index is -0.686. The molecule has 1 atom stereocenters. The number of hydrogen-bond donors (Lipinski definition) is 1. The van der Waals surface area contributed by atoms with Gasteiger partial charge in [0.25, 0.3) is 5.56 Å². The van der Waals surface area contributed by atoms with Gasteiger partial charge in [-0.05, 0) is 36.6 Å². The molecule has 0 saturated heterocycles. The molecule has 5 nitrogen and oxygen atoms in total. The van der Waals surface area contributed by atoms with Crippen molar-refractivity contribution in [1.29, 1.82) is 0 Å². The number of aromatic nitrogens is 2. The van der Waals surface area contributed by atoms with Gasteiger partial charge >= 0.3 is 0 Å². The Bertz CT molecular complexity index is 1210. The zero-order valence-corrected chi connectivity index (χ0v) is 17.1. The second-order valence-electron chi connectivity index (χ2n) is 6.87. The number of nitrogens with zero attached hydrogens (tertiary/aromatic N) is 2. The normalized spacial score (nSPS) is 12.1. The molecule has 0 aliphatic rings. The predicted molar refractivity (Wildman–Crippen MR) is 118 cm³/mol. The molecule has 1 N–H and O–H groups in total. The molecule has 0 bridgehead atoms. The predicted octanol–water partition coefficient (Wildman–Crippen LogP) is 4.89. The molecule has 6 heteroatoms. The molecule has 0 saturated carbocycles. The van der Waals surface area contributed by atoms with Crippen molar-refractivity contribution in [3.05, 3.63) is 82.2 Å². The SMILES string of the molecule is CCc1ccc(NC(=O)C(C)n2cnc3scc(-c4ccccc4)c3c2=O)cc1. The lowest BCUT2D eigenvalue weighted by atomic mass is 10.1. The summed E-state index contributed by atoms with van der Waals surface area (Å²) >= 11 is 1.43. The van der Waals surface area contributed by atoms with Crippen LogP contribution in [0, 0.1) is 0 Å². The van der Waals surface area contributed by atoms with E-state index < -0.39 is 6.04 Å². The van der Waals surface area contributed by atoms with E-state index in [0.29, 0.717) is 15.9 Å². The maximum absolute atomic E-state index is 13.2. The molecule has 2 heterocycles. The average molecular weight is 404 g/mol. The number of carbonyl (C=O) groups is 1. The van der Waals surface area contributed by atoms with Crippen molar-refractivity contribution in [3.8, 4) is 11.1 Å². The Balaban J connectivity index is 1.67. The van der Waals surface area contributed by atoms with Gasteiger partial charge in [0.05, 0.1) is 11.7 Å². The summed E-state index contributed by atoms with van der Waals surface area (Å²) in [5.41, 5.74) is 3.51. The number of carbonyl (C=O) groups excluding carboxylic acids is 1. The Morgan fingerprint density at radius 3 is 2.55 bits per heavy atom. The summed E-state index contributed by atoms with van der Waals surface area (Å²) in [6.07, 6.45) is 2.40. The molecule has 0 aliphatic heterocycles. The summed E-state index contributed by atoms with van der Waals surface area (Å²) in [6.45, 7) is 3.79. The first-order valence-electron chi connectivity index (χ1n) is 9.52. The molecular weight excluding hydrogens is 382 g/mol. The summed E-state index contributed by atoms with van der Waals surface area (Å²) in [4.78, 5) is 31.1. The summed E-state index contributed by atoms with van der Waals surface area (Å²) < 4.78 is 1.40. The highest BCUT2D eigenvalue weighted by atomic mass is 32.1. The van der Waals surface area contributed by atoms with E-state index >= 15 is 0 Å². The number of rotatable bonds is 5. The molecule has 0 aliphatic carbocycles. The molecule has 0 radical (unpaired) electrons. The Kier molecular flexibility index (Phi) is 5.27. The zero-order chi connectivity index (χ0) is 20.4. The van der Waals surface area contributed by atoms with Crippen LogP contribution in [-0.2, 0) is 11.2 Å². The molecular formula is C23H21N3O2S. The minimum absolute atomic E-state index is 0.209. The lowest BCUT2D eigenvalue weighted by Gasteiger charge is -2.15. The van der Waals surface area contributed by atoms with Crippen LogP contribution >= 0.6 is 11.3 Å². The van der Waals surface area contributed by atoms with E-state index in [2.05, 4.69) is 17.2 Å². The monoisotopic (exact) mass is 403 g/mol. The molecule has 29 heavy (non-hydrogen) atoms. The van der Waals surface area contributed by atoms with Gasteiger partial charge < -0.3 is 5.32 Å². The van der Waals surface area contributed by atoms with Gasteiger partial charge in [0.15, 0.2) is 0 Å². The number of thiophene rings is 1. The Hall–Kier alpha value is -3.25. The molecule has 0 fully saturated rings. The lowest BCUT2D eigenvalue weighted by Crippen LogP contribution is -2.31. The fraction of sp³-hybridized carbons (Fsp3) is 0.174. The Morgan fingerprint density at radius 1 is 1.14 bits per heavy atom. The number of aryl methyl sites for hydroxylation is 1. The number of amides is 1. The fourth-order valence-electron chi connectivity index (χ4n) is 3.25. The number of fused-ring (bicyclic) bond motifs is 1. The zero-order valence-electron chi connectivity index (χ0n) is 16.3. The Morgan fingerprint density at radius 2 is 1.86 bits per heavy atom. The average Bonchev–Trinajstić information content (AvgIpc) is 3.20. The summed E-state index contributed by atoms with van der Waals surface area (Å²) in [5, 5.41) is 5.38. The van der Waals surface area contributed by atoms with E-state index in [0.717, 1.165) is 17.5 Å². The van der Waals surface area contributed by atoms with E-state index in [1.165, 1.54) is 27.8 Å². The van der Waals surface area contributed by atoms with Gasteiger partial charge in [0, 0.05) is 16.6 Å². The smallest absolute Gasteiger partial charge is 0.263 e. The van der Waals surface area contributed by atoms with Gasteiger partial charge in [-0.1, -0.05) is 49.4 Å². The summed E-state index contributed by atoms with van der Waals surface area (Å²) in [5.74, 6) is -0.256. The molecule has 1 amide bonds. The van der Waals surface area contributed by atoms with Crippen molar-refractivity contribution in [2.45, 2.75) is 26.3 Å². The minimum Gasteiger partial charge on any atom is -0.324 e. The molecule has 0 spiro atoms. The van der Waals surface area contributed by atoms with E-state index in [4.69, 9.17) is 0 Å². The summed E-state index contributed by atoms with van der Waals surface area (Å²) in [6, 6.07) is 16.8. The molecule has 2 aromatic heterocycles. The highest BCUT2D eigenvalue weighted by molar-refractivity contribution is 7.17. The van der Waals surface area contributed by atoms with E-state index in [-0.39, 0.29) is 11.5 Å². The first-order valence-corrected chi connectivity index (χ1v) is 10.4. The first-order chi connectivity index (χ1) is 14.1. The van der Waals surface area contributed by atoms with Crippen LogP contribution in [0.15, 0.2) is 71.1 Å². The third-order valence-electron chi connectivity index (χ3n) is 5.03. The number of hydrogen-bond acceptors (Lipinski definition) is 4. The van der Waals surface area contributed by atoms with E-state index in [1.54, 1.807) is 6.92 Å². The fourth-order valence-corrected chi connectivity index (χ4v) is 4.15. The van der Waals surface area contributed by atoms with Gasteiger partial charge in [0.2, 0.25) is 5.91 Å². The number of nitrogens with one attached hydrogen (secondary N) is 1. The molecule has 4 rings (SSSR count). The van der Waals surface area contributed by atoms with Crippen molar-refractivity contribution in [2.24, 2.45) is 0 Å². The van der Waals surface area contributed by atoms with Crippen molar-refractivity contribution in [2.75, 3.05) is 5.32 Å². The number of anilines is 1. The van der Waals surface area contributed by atoms with Gasteiger partial charge in [-0.2, -0.15) is 0 Å². The first kappa shape index (κ1) is 19.1. The summed E-state index contributed by atoms with van der Waals surface area (Å²) in [7, 11) is 0. The van der Waals surface area contributed by atoms with Crippen LogP contribution in [0.3, 0.4) is 0 Å². The largest absolute Gasteiger partial charge is 0.324 e. The van der Waals surface area contributed by atoms with Gasteiger partial charge in [-0.25, -0.2) is 4.98 Å². The topological polar surface area (TPSA) is 64.0 Å². The van der Waals surface area contributed by atoms with Crippen LogP contribution in [0.25, 0.3) is 21.3 Å². The van der Waals surface area contributed by atoms with Gasteiger partial charge in [-0.15, -0.1) is 11.3 Å². The van der Waals surface area contributed by atoms with Crippen LogP contribution in [-0.4, -0.2) is 15.5 Å². The van der Waals surface area contributed by atoms with Gasteiger partial charge in [-0.3, -0.25) is 14.2 Å². The molecule has 2 aromatic carbocycles. The third-order valence-corrected chi connectivity index (χ3v) is 5.92. The molecule has 4 aromatic rings. The van der Waals surface area contributed by atoms with Crippen LogP contribution in [0.1, 0.15) is 25.5 Å².